The van der Waals surface area contributed by atoms with E-state index in [4.69, 9.17) is 15.9 Å². The normalized spacial score (nSPS) is 12.1. The third-order valence-corrected chi connectivity index (χ3v) is 5.17. The summed E-state index contributed by atoms with van der Waals surface area (Å²) in [4.78, 5) is 33.5. The van der Waals surface area contributed by atoms with Gasteiger partial charge in [0.05, 0.1) is 6.20 Å². The predicted octanol–water partition coefficient (Wildman–Crippen LogP) is 2.68. The van der Waals surface area contributed by atoms with Gasteiger partial charge in [-0.2, -0.15) is 4.98 Å². The first kappa shape index (κ1) is 19.3. The van der Waals surface area contributed by atoms with E-state index in [9.17, 15) is 9.59 Å². The van der Waals surface area contributed by atoms with Gasteiger partial charge < -0.3 is 21.2 Å². The SMILES string of the molecule is NC(=O)[C@H](NC(=O)c1cnc2ccc(-c3ccc4oc(N)nc4c3)cn12)c1ccccc1. The van der Waals surface area contributed by atoms with Crippen molar-refractivity contribution in [2.24, 2.45) is 5.73 Å². The van der Waals surface area contributed by atoms with Crippen LogP contribution in [-0.4, -0.2) is 26.2 Å². The third-order valence-electron chi connectivity index (χ3n) is 5.17. The van der Waals surface area contributed by atoms with Gasteiger partial charge in [0.15, 0.2) is 5.58 Å². The van der Waals surface area contributed by atoms with Gasteiger partial charge in [0.25, 0.3) is 11.9 Å². The second kappa shape index (κ2) is 7.55. The minimum absolute atomic E-state index is 0.101. The van der Waals surface area contributed by atoms with Gasteiger partial charge in [-0.1, -0.05) is 36.4 Å². The van der Waals surface area contributed by atoms with Crippen LogP contribution in [0.2, 0.25) is 0 Å². The fraction of sp³-hybridized carbons (Fsp3) is 0.0435. The zero-order chi connectivity index (χ0) is 22.2. The minimum atomic E-state index is -0.961. The topological polar surface area (TPSA) is 142 Å². The van der Waals surface area contributed by atoms with E-state index in [1.807, 2.05) is 24.3 Å². The maximum Gasteiger partial charge on any atom is 0.292 e. The molecule has 0 aliphatic rings. The van der Waals surface area contributed by atoms with E-state index in [0.717, 1.165) is 11.1 Å². The third kappa shape index (κ3) is 3.41. The number of amides is 2. The number of carbonyl (C=O) groups is 2. The van der Waals surface area contributed by atoms with Crippen molar-refractivity contribution in [1.29, 1.82) is 0 Å². The highest BCUT2D eigenvalue weighted by molar-refractivity contribution is 5.97. The van der Waals surface area contributed by atoms with Crippen LogP contribution in [0.25, 0.3) is 27.9 Å². The van der Waals surface area contributed by atoms with Gasteiger partial charge in [-0.3, -0.25) is 14.0 Å². The summed E-state index contributed by atoms with van der Waals surface area (Å²) in [6.07, 6.45) is 3.25. The largest absolute Gasteiger partial charge is 0.424 e. The molecule has 32 heavy (non-hydrogen) atoms. The molecular formula is C23H18N6O3. The van der Waals surface area contributed by atoms with E-state index in [1.54, 1.807) is 47.0 Å². The van der Waals surface area contributed by atoms with Gasteiger partial charge in [-0.15, -0.1) is 0 Å². The maximum absolute atomic E-state index is 13.0. The summed E-state index contributed by atoms with van der Waals surface area (Å²) in [5.74, 6) is -1.12. The molecule has 0 bridgehead atoms. The predicted molar refractivity (Wildman–Crippen MR) is 118 cm³/mol. The van der Waals surface area contributed by atoms with Crippen LogP contribution in [0.1, 0.15) is 22.1 Å². The number of fused-ring (bicyclic) bond motifs is 2. The molecule has 1 atom stereocenters. The number of nitrogens with two attached hydrogens (primary N) is 2. The highest BCUT2D eigenvalue weighted by atomic mass is 16.4. The number of hydrogen-bond donors (Lipinski definition) is 3. The zero-order valence-corrected chi connectivity index (χ0v) is 16.7. The Kier molecular flexibility index (Phi) is 4.55. The van der Waals surface area contributed by atoms with Crippen LogP contribution >= 0.6 is 0 Å². The van der Waals surface area contributed by atoms with E-state index in [2.05, 4.69) is 15.3 Å². The number of nitrogens with one attached hydrogen (secondary N) is 1. The van der Waals surface area contributed by atoms with E-state index >= 15 is 0 Å². The van der Waals surface area contributed by atoms with Gasteiger partial charge in [0.2, 0.25) is 5.91 Å². The summed E-state index contributed by atoms with van der Waals surface area (Å²) in [5.41, 5.74) is 15.5. The van der Waals surface area contributed by atoms with Crippen molar-refractivity contribution in [1.82, 2.24) is 19.7 Å². The van der Waals surface area contributed by atoms with Gasteiger partial charge >= 0.3 is 0 Å². The highest BCUT2D eigenvalue weighted by Gasteiger charge is 2.22. The molecule has 0 saturated carbocycles. The van der Waals surface area contributed by atoms with Crippen LogP contribution in [0.15, 0.2) is 77.5 Å². The lowest BCUT2D eigenvalue weighted by Gasteiger charge is -2.15. The van der Waals surface area contributed by atoms with Crippen molar-refractivity contribution >= 4 is 34.6 Å². The number of hydrogen-bond acceptors (Lipinski definition) is 6. The molecule has 5 N–H and O–H groups in total. The molecule has 0 aliphatic carbocycles. The first-order chi connectivity index (χ1) is 15.5. The lowest BCUT2D eigenvalue weighted by atomic mass is 10.1. The summed E-state index contributed by atoms with van der Waals surface area (Å²) in [6.45, 7) is 0. The second-order valence-corrected chi connectivity index (χ2v) is 7.24. The second-order valence-electron chi connectivity index (χ2n) is 7.24. The fourth-order valence-electron chi connectivity index (χ4n) is 3.61. The number of nitrogen functional groups attached to an aromatic ring is 1. The lowest BCUT2D eigenvalue weighted by Crippen LogP contribution is -2.37. The molecule has 2 amide bonds. The Balaban J connectivity index is 1.50. The van der Waals surface area contributed by atoms with Crippen molar-refractivity contribution in [2.75, 3.05) is 5.73 Å². The number of primary amides is 1. The Morgan fingerprint density at radius 2 is 1.81 bits per heavy atom. The van der Waals surface area contributed by atoms with Crippen molar-refractivity contribution < 1.29 is 14.0 Å². The summed E-state index contributed by atoms with van der Waals surface area (Å²) >= 11 is 0. The molecule has 0 spiro atoms. The van der Waals surface area contributed by atoms with Gasteiger partial charge in [0.1, 0.15) is 22.9 Å². The molecule has 0 saturated heterocycles. The quantitative estimate of drug-likeness (QED) is 0.394. The molecular weight excluding hydrogens is 408 g/mol. The molecule has 0 aliphatic heterocycles. The number of nitrogens with zero attached hydrogens (tertiary/aromatic N) is 3. The molecule has 0 unspecified atom stereocenters. The average molecular weight is 426 g/mol. The van der Waals surface area contributed by atoms with Crippen LogP contribution < -0.4 is 16.8 Å². The summed E-state index contributed by atoms with van der Waals surface area (Å²) < 4.78 is 6.98. The van der Waals surface area contributed by atoms with Crippen molar-refractivity contribution in [3.05, 3.63) is 84.3 Å². The Morgan fingerprint density at radius 3 is 2.59 bits per heavy atom. The fourth-order valence-corrected chi connectivity index (χ4v) is 3.61. The number of anilines is 1. The molecule has 0 fully saturated rings. The number of carbonyl (C=O) groups excluding carboxylic acids is 2. The molecule has 5 rings (SSSR count). The van der Waals surface area contributed by atoms with Gasteiger partial charge in [-0.05, 0) is 41.0 Å². The van der Waals surface area contributed by atoms with Gasteiger partial charge in [-0.25, -0.2) is 4.98 Å². The van der Waals surface area contributed by atoms with E-state index in [-0.39, 0.29) is 11.7 Å². The van der Waals surface area contributed by atoms with Crippen molar-refractivity contribution in [3.8, 4) is 11.1 Å². The number of benzene rings is 2. The number of pyridine rings is 1. The smallest absolute Gasteiger partial charge is 0.292 e. The van der Waals surface area contributed by atoms with E-state index in [1.165, 1.54) is 6.20 Å². The average Bonchev–Trinajstić information content (AvgIpc) is 3.39. The Labute approximate surface area is 181 Å². The van der Waals surface area contributed by atoms with Crippen molar-refractivity contribution in [2.45, 2.75) is 6.04 Å². The minimum Gasteiger partial charge on any atom is -0.424 e. The Morgan fingerprint density at radius 1 is 1.03 bits per heavy atom. The molecule has 0 radical (unpaired) electrons. The van der Waals surface area contributed by atoms with Crippen molar-refractivity contribution in [3.63, 3.8) is 0 Å². The molecule has 158 valence electrons. The van der Waals surface area contributed by atoms with E-state index < -0.39 is 17.9 Å². The van der Waals surface area contributed by atoms with Crippen LogP contribution in [0, 0.1) is 0 Å². The number of rotatable bonds is 5. The number of oxazole rings is 1. The van der Waals surface area contributed by atoms with Crippen LogP contribution in [-0.2, 0) is 4.79 Å². The van der Waals surface area contributed by atoms with Crippen LogP contribution in [0.3, 0.4) is 0 Å². The molecule has 9 heteroatoms. The monoisotopic (exact) mass is 426 g/mol. The highest BCUT2D eigenvalue weighted by Crippen LogP contribution is 2.26. The summed E-state index contributed by atoms with van der Waals surface area (Å²) in [7, 11) is 0. The maximum atomic E-state index is 13.0. The zero-order valence-electron chi connectivity index (χ0n) is 16.7. The van der Waals surface area contributed by atoms with Gasteiger partial charge in [0, 0.05) is 6.20 Å². The molecule has 2 aromatic carbocycles. The van der Waals surface area contributed by atoms with Crippen LogP contribution in [0.4, 0.5) is 6.01 Å². The molecule has 5 aromatic rings. The first-order valence-electron chi connectivity index (χ1n) is 9.78. The number of imidazole rings is 1. The Bertz CT molecular complexity index is 1470. The summed E-state index contributed by atoms with van der Waals surface area (Å²) in [5, 5.41) is 2.70. The molecule has 3 heterocycles. The standard InChI is InChI=1S/C23H18N6O3/c24-21(30)20(13-4-2-1-3-5-13)28-22(31)17-11-26-19-9-7-15(12-29(17)19)14-6-8-18-16(10-14)27-23(25)32-18/h1-12,20H,(H2,24,30)(H2,25,27)(H,28,31)/t20-/m1/s1. The Hall–Kier alpha value is -4.66. The first-order valence-corrected chi connectivity index (χ1v) is 9.78. The molecule has 9 nitrogen and oxygen atoms in total. The molecule has 3 aromatic heterocycles. The summed E-state index contributed by atoms with van der Waals surface area (Å²) in [6, 6.07) is 17.2. The van der Waals surface area contributed by atoms with E-state index in [0.29, 0.717) is 22.3 Å². The number of aromatic nitrogens is 3. The van der Waals surface area contributed by atoms with Crippen LogP contribution in [0.5, 0.6) is 0 Å². The lowest BCUT2D eigenvalue weighted by molar-refractivity contribution is -0.120.